The van der Waals surface area contributed by atoms with E-state index in [9.17, 15) is 22.4 Å². The molecule has 12 heteroatoms. The van der Waals surface area contributed by atoms with Gasteiger partial charge in [-0.05, 0) is 43.0 Å². The Bertz CT molecular complexity index is 832. The van der Waals surface area contributed by atoms with E-state index < -0.39 is 17.7 Å². The third-order valence-corrected chi connectivity index (χ3v) is 5.92. The number of carbonyl (C=O) groups is 2. The summed E-state index contributed by atoms with van der Waals surface area (Å²) < 4.78 is 62.4. The molecule has 1 spiro atoms. The summed E-state index contributed by atoms with van der Waals surface area (Å²) in [6.07, 6.45) is -2.91. The number of alkyl halides is 3. The molecule has 0 radical (unpaired) electrons. The van der Waals surface area contributed by atoms with E-state index in [4.69, 9.17) is 24.1 Å². The lowest BCUT2D eigenvalue weighted by molar-refractivity contribution is -0.192. The molecule has 1 aromatic carbocycles. The summed E-state index contributed by atoms with van der Waals surface area (Å²) in [6, 6.07) is 6.05. The highest BCUT2D eigenvalue weighted by Crippen LogP contribution is 2.28. The van der Waals surface area contributed by atoms with Gasteiger partial charge in [-0.3, -0.25) is 9.69 Å². The number of aliphatic carboxylic acids is 1. The van der Waals surface area contributed by atoms with Crippen LogP contribution in [-0.2, 0) is 23.8 Å². The Morgan fingerprint density at radius 1 is 1.09 bits per heavy atom. The second-order valence-electron chi connectivity index (χ2n) is 8.57. The molecule has 3 fully saturated rings. The lowest BCUT2D eigenvalue weighted by atomic mass is 9.97. The number of carboxylic acids is 1. The summed E-state index contributed by atoms with van der Waals surface area (Å²) in [7, 11) is 0. The molecule has 8 nitrogen and oxygen atoms in total. The van der Waals surface area contributed by atoms with Gasteiger partial charge in [0.05, 0.1) is 19.8 Å². The number of morpholine rings is 1. The number of halogens is 4. The first-order valence-electron chi connectivity index (χ1n) is 11.0. The molecule has 0 aliphatic carbocycles. The first-order valence-corrected chi connectivity index (χ1v) is 11.0. The van der Waals surface area contributed by atoms with Crippen molar-refractivity contribution < 1.29 is 46.5 Å². The third-order valence-electron chi connectivity index (χ3n) is 5.92. The van der Waals surface area contributed by atoms with Gasteiger partial charge in [0, 0.05) is 38.5 Å². The van der Waals surface area contributed by atoms with Crippen LogP contribution in [0.4, 0.5) is 23.2 Å². The molecule has 1 aromatic rings. The number of hydrogen-bond donors (Lipinski definition) is 1. The Balaban J connectivity index is 0.000000406. The second-order valence-corrected chi connectivity index (χ2v) is 8.57. The van der Waals surface area contributed by atoms with Gasteiger partial charge in [-0.2, -0.15) is 13.2 Å². The van der Waals surface area contributed by atoms with Gasteiger partial charge in [0.2, 0.25) is 0 Å². The van der Waals surface area contributed by atoms with E-state index in [2.05, 4.69) is 4.90 Å². The first-order chi connectivity index (χ1) is 16.1. The van der Waals surface area contributed by atoms with Crippen LogP contribution in [0.2, 0.25) is 0 Å². The summed E-state index contributed by atoms with van der Waals surface area (Å²) >= 11 is 0. The average Bonchev–Trinajstić information content (AvgIpc) is 2.99. The van der Waals surface area contributed by atoms with Crippen molar-refractivity contribution in [2.75, 3.05) is 64.1 Å². The summed E-state index contributed by atoms with van der Waals surface area (Å²) in [6.45, 7) is 5.84. The summed E-state index contributed by atoms with van der Waals surface area (Å²) in [5.74, 6) is -2.54. The molecule has 3 heterocycles. The van der Waals surface area contributed by atoms with Crippen molar-refractivity contribution in [2.45, 2.75) is 24.6 Å². The lowest BCUT2D eigenvalue weighted by Crippen LogP contribution is -2.61. The minimum Gasteiger partial charge on any atom is -0.475 e. The molecule has 0 aromatic heterocycles. The van der Waals surface area contributed by atoms with Gasteiger partial charge >= 0.3 is 12.1 Å². The van der Waals surface area contributed by atoms with Crippen molar-refractivity contribution in [1.82, 2.24) is 4.90 Å². The number of carboxylic acid groups (broad SMARTS) is 1. The number of nitrogens with zero attached hydrogens (tertiary/aromatic N) is 2. The zero-order valence-electron chi connectivity index (χ0n) is 18.6. The summed E-state index contributed by atoms with van der Waals surface area (Å²) in [5, 5.41) is 7.12. The zero-order valence-corrected chi connectivity index (χ0v) is 18.6. The molecule has 0 bridgehead atoms. The standard InChI is InChI=1S/C20H27FN2O4.C2HF3O2/c21-17-1-3-18(4-2-17)23-14-20(27-12-19(23)24)13-22(7-10-26-15-20)11-16-5-8-25-9-6-16;3-2(4,5)1(6)7/h1-4,16H,5-15H2;(H,6,7). The van der Waals surface area contributed by atoms with Gasteiger partial charge in [0.1, 0.15) is 18.0 Å². The van der Waals surface area contributed by atoms with E-state index in [1.54, 1.807) is 17.0 Å². The van der Waals surface area contributed by atoms with Crippen LogP contribution >= 0.6 is 0 Å². The normalized spacial score (nSPS) is 24.9. The molecular weight excluding hydrogens is 464 g/mol. The van der Waals surface area contributed by atoms with Gasteiger partial charge < -0.3 is 24.2 Å². The minimum atomic E-state index is -5.08. The molecule has 34 heavy (non-hydrogen) atoms. The number of carbonyl (C=O) groups excluding carboxylic acids is 1. The molecule has 1 N–H and O–H groups in total. The number of anilines is 1. The van der Waals surface area contributed by atoms with Crippen LogP contribution in [-0.4, -0.2) is 92.9 Å². The fraction of sp³-hybridized carbons (Fsp3) is 0.636. The Labute approximate surface area is 194 Å². The number of benzene rings is 1. The topological polar surface area (TPSA) is 88.5 Å². The molecule has 3 saturated heterocycles. The van der Waals surface area contributed by atoms with E-state index in [0.29, 0.717) is 31.4 Å². The maximum Gasteiger partial charge on any atom is 0.490 e. The molecule has 190 valence electrons. The lowest BCUT2D eigenvalue weighted by Gasteiger charge is -2.43. The van der Waals surface area contributed by atoms with E-state index in [0.717, 1.165) is 45.7 Å². The van der Waals surface area contributed by atoms with Crippen LogP contribution in [0.1, 0.15) is 12.8 Å². The van der Waals surface area contributed by atoms with Gasteiger partial charge in [-0.15, -0.1) is 0 Å². The molecule has 1 amide bonds. The fourth-order valence-corrected chi connectivity index (χ4v) is 4.19. The highest BCUT2D eigenvalue weighted by Gasteiger charge is 2.43. The van der Waals surface area contributed by atoms with Gasteiger partial charge in [-0.25, -0.2) is 9.18 Å². The van der Waals surface area contributed by atoms with Crippen LogP contribution in [0.5, 0.6) is 0 Å². The number of amides is 1. The van der Waals surface area contributed by atoms with E-state index in [1.165, 1.54) is 12.1 Å². The molecular formula is C22H28F4N2O6. The molecule has 1 unspecified atom stereocenters. The van der Waals surface area contributed by atoms with Gasteiger partial charge in [0.15, 0.2) is 0 Å². The zero-order chi connectivity index (χ0) is 24.8. The highest BCUT2D eigenvalue weighted by molar-refractivity contribution is 5.95. The SMILES string of the molecule is O=C(O)C(F)(F)F.O=C1COC2(COCCN(CC3CCOCC3)C2)CN1c1ccc(F)cc1. The minimum absolute atomic E-state index is 0.0197. The summed E-state index contributed by atoms with van der Waals surface area (Å²) in [4.78, 5) is 25.4. The molecule has 0 saturated carbocycles. The van der Waals surface area contributed by atoms with E-state index in [1.807, 2.05) is 0 Å². The van der Waals surface area contributed by atoms with Crippen LogP contribution < -0.4 is 4.90 Å². The van der Waals surface area contributed by atoms with Crippen molar-refractivity contribution >= 4 is 17.6 Å². The average molecular weight is 492 g/mol. The monoisotopic (exact) mass is 492 g/mol. The number of ether oxygens (including phenoxy) is 3. The van der Waals surface area contributed by atoms with Crippen LogP contribution in [0, 0.1) is 11.7 Å². The van der Waals surface area contributed by atoms with E-state index in [-0.39, 0.29) is 18.3 Å². The van der Waals surface area contributed by atoms with Crippen LogP contribution in [0.15, 0.2) is 24.3 Å². The van der Waals surface area contributed by atoms with Gasteiger partial charge in [0.25, 0.3) is 5.91 Å². The quantitative estimate of drug-likeness (QED) is 0.648. The predicted molar refractivity (Wildman–Crippen MR) is 112 cm³/mol. The van der Waals surface area contributed by atoms with Crippen LogP contribution in [0.3, 0.4) is 0 Å². The second kappa shape index (κ2) is 11.4. The van der Waals surface area contributed by atoms with Crippen molar-refractivity contribution in [3.05, 3.63) is 30.1 Å². The highest BCUT2D eigenvalue weighted by atomic mass is 19.4. The maximum atomic E-state index is 13.3. The number of hydrogen-bond acceptors (Lipinski definition) is 6. The molecule has 3 aliphatic rings. The number of rotatable bonds is 3. The van der Waals surface area contributed by atoms with Crippen molar-refractivity contribution in [3.8, 4) is 0 Å². The maximum absolute atomic E-state index is 13.3. The van der Waals surface area contributed by atoms with Crippen molar-refractivity contribution in [1.29, 1.82) is 0 Å². The fourth-order valence-electron chi connectivity index (χ4n) is 4.19. The largest absolute Gasteiger partial charge is 0.490 e. The predicted octanol–water partition coefficient (Wildman–Crippen LogP) is 2.32. The Hall–Kier alpha value is -2.28. The first kappa shape index (κ1) is 26.3. The van der Waals surface area contributed by atoms with Gasteiger partial charge in [-0.1, -0.05) is 0 Å². The summed E-state index contributed by atoms with van der Waals surface area (Å²) in [5.41, 5.74) is 0.147. The molecule has 4 rings (SSSR count). The molecule has 1 atom stereocenters. The smallest absolute Gasteiger partial charge is 0.475 e. The van der Waals surface area contributed by atoms with Crippen molar-refractivity contribution in [3.63, 3.8) is 0 Å². The Morgan fingerprint density at radius 3 is 2.35 bits per heavy atom. The van der Waals surface area contributed by atoms with E-state index >= 15 is 0 Å². The molecule has 3 aliphatic heterocycles. The van der Waals surface area contributed by atoms with Crippen LogP contribution in [0.25, 0.3) is 0 Å². The van der Waals surface area contributed by atoms with Crippen molar-refractivity contribution in [2.24, 2.45) is 5.92 Å². The third kappa shape index (κ3) is 7.36. The Morgan fingerprint density at radius 2 is 1.74 bits per heavy atom. The Kier molecular flexibility index (Phi) is 8.85.